The van der Waals surface area contributed by atoms with Crippen LogP contribution in [0.4, 0.5) is 0 Å². The summed E-state index contributed by atoms with van der Waals surface area (Å²) in [5.74, 6) is 1.50. The standard InChI is InChI=1S/C13H17N3O2/c1-3-14-11(7-10-5-4-6-18-10)12-8-13(17-2)16-9-15-12/h4-6,8-9,11,14H,3,7H2,1-2H3. The number of aromatic nitrogens is 2. The van der Waals surface area contributed by atoms with Crippen molar-refractivity contribution in [3.8, 4) is 5.88 Å². The summed E-state index contributed by atoms with van der Waals surface area (Å²) in [6, 6.07) is 5.79. The Hall–Kier alpha value is -1.88. The Labute approximate surface area is 106 Å². The van der Waals surface area contributed by atoms with E-state index < -0.39 is 0 Å². The molecule has 96 valence electrons. The molecule has 2 rings (SSSR count). The summed E-state index contributed by atoms with van der Waals surface area (Å²) in [7, 11) is 1.60. The van der Waals surface area contributed by atoms with E-state index in [1.165, 1.54) is 6.33 Å². The van der Waals surface area contributed by atoms with Crippen molar-refractivity contribution in [3.05, 3.63) is 42.2 Å². The van der Waals surface area contributed by atoms with E-state index in [1.54, 1.807) is 13.4 Å². The summed E-state index contributed by atoms with van der Waals surface area (Å²) >= 11 is 0. The fourth-order valence-corrected chi connectivity index (χ4v) is 1.81. The first-order valence-electron chi connectivity index (χ1n) is 5.95. The van der Waals surface area contributed by atoms with Crippen LogP contribution in [-0.4, -0.2) is 23.6 Å². The predicted molar refractivity (Wildman–Crippen MR) is 67.4 cm³/mol. The van der Waals surface area contributed by atoms with Gasteiger partial charge in [0.2, 0.25) is 5.88 Å². The largest absolute Gasteiger partial charge is 0.481 e. The van der Waals surface area contributed by atoms with Crippen LogP contribution in [0.25, 0.3) is 0 Å². The number of methoxy groups -OCH3 is 1. The molecule has 2 aromatic rings. The van der Waals surface area contributed by atoms with Crippen LogP contribution < -0.4 is 10.1 Å². The minimum atomic E-state index is 0.0954. The van der Waals surface area contributed by atoms with E-state index in [0.717, 1.165) is 24.4 Å². The lowest BCUT2D eigenvalue weighted by molar-refractivity contribution is 0.392. The van der Waals surface area contributed by atoms with E-state index >= 15 is 0 Å². The molecule has 0 radical (unpaired) electrons. The van der Waals surface area contributed by atoms with Gasteiger partial charge in [0.1, 0.15) is 12.1 Å². The normalized spacial score (nSPS) is 12.3. The summed E-state index contributed by atoms with van der Waals surface area (Å²) in [5.41, 5.74) is 0.903. The molecular formula is C13H17N3O2. The highest BCUT2D eigenvalue weighted by Gasteiger charge is 2.15. The smallest absolute Gasteiger partial charge is 0.216 e. The van der Waals surface area contributed by atoms with Crippen LogP contribution in [0.3, 0.4) is 0 Å². The van der Waals surface area contributed by atoms with Gasteiger partial charge in [0.25, 0.3) is 0 Å². The van der Waals surface area contributed by atoms with Gasteiger partial charge in [0, 0.05) is 12.5 Å². The Morgan fingerprint density at radius 1 is 1.44 bits per heavy atom. The molecule has 0 amide bonds. The molecule has 1 atom stereocenters. The van der Waals surface area contributed by atoms with Crippen LogP contribution in [0.5, 0.6) is 5.88 Å². The minimum absolute atomic E-state index is 0.0954. The Balaban J connectivity index is 2.17. The van der Waals surface area contributed by atoms with Crippen molar-refractivity contribution in [3.63, 3.8) is 0 Å². The van der Waals surface area contributed by atoms with Gasteiger partial charge >= 0.3 is 0 Å². The third-order valence-electron chi connectivity index (χ3n) is 2.67. The lowest BCUT2D eigenvalue weighted by Crippen LogP contribution is -2.23. The van der Waals surface area contributed by atoms with Crippen molar-refractivity contribution in [2.45, 2.75) is 19.4 Å². The minimum Gasteiger partial charge on any atom is -0.481 e. The van der Waals surface area contributed by atoms with Gasteiger partial charge in [-0.3, -0.25) is 0 Å². The van der Waals surface area contributed by atoms with Crippen molar-refractivity contribution in [2.75, 3.05) is 13.7 Å². The first kappa shape index (κ1) is 12.6. The number of nitrogens with zero attached hydrogens (tertiary/aromatic N) is 2. The summed E-state index contributed by atoms with van der Waals surface area (Å²) in [6.45, 7) is 2.92. The first-order valence-corrected chi connectivity index (χ1v) is 5.95. The Morgan fingerprint density at radius 3 is 3.00 bits per heavy atom. The van der Waals surface area contributed by atoms with Gasteiger partial charge in [-0.05, 0) is 18.7 Å². The highest BCUT2D eigenvalue weighted by molar-refractivity contribution is 5.18. The summed E-state index contributed by atoms with van der Waals surface area (Å²) in [5, 5.41) is 3.38. The summed E-state index contributed by atoms with van der Waals surface area (Å²) in [6.07, 6.45) is 3.94. The SMILES string of the molecule is CCNC(Cc1ccco1)c1cc(OC)ncn1. The van der Waals surface area contributed by atoms with Gasteiger partial charge in [-0.25, -0.2) is 9.97 Å². The number of nitrogens with one attached hydrogen (secondary N) is 1. The highest BCUT2D eigenvalue weighted by atomic mass is 16.5. The predicted octanol–water partition coefficient (Wildman–Crippen LogP) is 1.97. The average Bonchev–Trinajstić information content (AvgIpc) is 2.91. The van der Waals surface area contributed by atoms with E-state index in [1.807, 2.05) is 18.2 Å². The number of rotatable bonds is 6. The number of ether oxygens (including phenoxy) is 1. The molecule has 0 aliphatic carbocycles. The van der Waals surface area contributed by atoms with Crippen LogP contribution in [0, 0.1) is 0 Å². The second-order valence-electron chi connectivity index (χ2n) is 3.88. The number of hydrogen-bond donors (Lipinski definition) is 1. The second kappa shape index (κ2) is 6.16. The Morgan fingerprint density at radius 2 is 2.33 bits per heavy atom. The third-order valence-corrected chi connectivity index (χ3v) is 2.67. The van der Waals surface area contributed by atoms with Crippen LogP contribution in [0.15, 0.2) is 35.2 Å². The fourth-order valence-electron chi connectivity index (χ4n) is 1.81. The molecule has 5 heteroatoms. The van der Waals surface area contributed by atoms with Crippen molar-refractivity contribution in [1.29, 1.82) is 0 Å². The van der Waals surface area contributed by atoms with Crippen LogP contribution in [-0.2, 0) is 6.42 Å². The molecule has 1 unspecified atom stereocenters. The van der Waals surface area contributed by atoms with Crippen molar-refractivity contribution in [2.24, 2.45) is 0 Å². The molecule has 2 heterocycles. The van der Waals surface area contributed by atoms with Gasteiger partial charge in [0.05, 0.1) is 25.1 Å². The summed E-state index contributed by atoms with van der Waals surface area (Å²) < 4.78 is 10.5. The van der Waals surface area contributed by atoms with Gasteiger partial charge < -0.3 is 14.5 Å². The van der Waals surface area contributed by atoms with E-state index in [4.69, 9.17) is 9.15 Å². The molecule has 1 N–H and O–H groups in total. The van der Waals surface area contributed by atoms with Crippen molar-refractivity contribution < 1.29 is 9.15 Å². The quantitative estimate of drug-likeness (QED) is 0.845. The van der Waals surface area contributed by atoms with E-state index in [-0.39, 0.29) is 6.04 Å². The van der Waals surface area contributed by atoms with Crippen LogP contribution in [0.2, 0.25) is 0 Å². The second-order valence-corrected chi connectivity index (χ2v) is 3.88. The maximum absolute atomic E-state index is 5.37. The van der Waals surface area contributed by atoms with E-state index in [9.17, 15) is 0 Å². The van der Waals surface area contributed by atoms with Gasteiger partial charge in [0.15, 0.2) is 0 Å². The molecule has 5 nitrogen and oxygen atoms in total. The molecule has 18 heavy (non-hydrogen) atoms. The number of furan rings is 1. The van der Waals surface area contributed by atoms with Gasteiger partial charge in [-0.15, -0.1) is 0 Å². The third kappa shape index (κ3) is 3.07. The zero-order valence-corrected chi connectivity index (χ0v) is 10.6. The Bertz CT molecular complexity index is 471. The van der Waals surface area contributed by atoms with Crippen molar-refractivity contribution in [1.82, 2.24) is 15.3 Å². The van der Waals surface area contributed by atoms with E-state index in [2.05, 4.69) is 22.2 Å². The topological polar surface area (TPSA) is 60.2 Å². The van der Waals surface area contributed by atoms with E-state index in [0.29, 0.717) is 5.88 Å². The number of hydrogen-bond acceptors (Lipinski definition) is 5. The lowest BCUT2D eigenvalue weighted by Gasteiger charge is -2.16. The Kier molecular flexibility index (Phi) is 4.30. The van der Waals surface area contributed by atoms with Crippen LogP contribution >= 0.6 is 0 Å². The number of likely N-dealkylation sites (N-methyl/N-ethyl adjacent to an activating group) is 1. The average molecular weight is 247 g/mol. The molecule has 0 aliphatic heterocycles. The zero-order chi connectivity index (χ0) is 12.8. The zero-order valence-electron chi connectivity index (χ0n) is 10.6. The molecule has 0 saturated carbocycles. The molecule has 0 fully saturated rings. The van der Waals surface area contributed by atoms with Crippen molar-refractivity contribution >= 4 is 0 Å². The summed E-state index contributed by atoms with van der Waals surface area (Å²) in [4.78, 5) is 8.30. The lowest BCUT2D eigenvalue weighted by atomic mass is 10.1. The maximum atomic E-state index is 5.37. The highest BCUT2D eigenvalue weighted by Crippen LogP contribution is 2.19. The molecular weight excluding hydrogens is 230 g/mol. The molecule has 0 saturated heterocycles. The molecule has 0 aromatic carbocycles. The first-order chi connectivity index (χ1) is 8.83. The molecule has 0 aliphatic rings. The maximum Gasteiger partial charge on any atom is 0.216 e. The molecule has 2 aromatic heterocycles. The fraction of sp³-hybridized carbons (Fsp3) is 0.385. The van der Waals surface area contributed by atoms with Crippen LogP contribution in [0.1, 0.15) is 24.4 Å². The molecule has 0 spiro atoms. The monoisotopic (exact) mass is 247 g/mol. The molecule has 0 bridgehead atoms. The van der Waals surface area contributed by atoms with Gasteiger partial charge in [-0.1, -0.05) is 6.92 Å². The van der Waals surface area contributed by atoms with Gasteiger partial charge in [-0.2, -0.15) is 0 Å².